The molecule has 5 heteroatoms. The van der Waals surface area contributed by atoms with Crippen molar-refractivity contribution in [2.75, 3.05) is 0 Å². The van der Waals surface area contributed by atoms with Crippen LogP contribution in [0.4, 0.5) is 4.39 Å². The van der Waals surface area contributed by atoms with E-state index >= 15 is 0 Å². The van der Waals surface area contributed by atoms with Gasteiger partial charge in [0.05, 0.1) is 11.7 Å². The van der Waals surface area contributed by atoms with Crippen molar-refractivity contribution >= 4 is 21.6 Å². The van der Waals surface area contributed by atoms with Gasteiger partial charge in [-0.1, -0.05) is 31.4 Å². The lowest BCUT2D eigenvalue weighted by Gasteiger charge is -2.22. The Hall–Kier alpha value is -2.01. The molecule has 0 aliphatic heterocycles. The Labute approximate surface area is 143 Å². The molecule has 0 saturated heterocycles. The van der Waals surface area contributed by atoms with Gasteiger partial charge in [-0.25, -0.2) is 9.37 Å². The van der Waals surface area contributed by atoms with Crippen LogP contribution in [0, 0.1) is 11.7 Å². The molecule has 0 radical (unpaired) electrons. The molecule has 2 heterocycles. The fourth-order valence-electron chi connectivity index (χ4n) is 3.59. The third-order valence-corrected chi connectivity index (χ3v) is 5.78. The van der Waals surface area contributed by atoms with Gasteiger partial charge in [-0.3, -0.25) is 9.36 Å². The molecule has 1 fully saturated rings. The lowest BCUT2D eigenvalue weighted by Crippen LogP contribution is -2.25. The Balaban J connectivity index is 1.75. The number of rotatable bonds is 3. The minimum absolute atomic E-state index is 0.0196. The van der Waals surface area contributed by atoms with Crippen molar-refractivity contribution in [3.63, 3.8) is 0 Å². The van der Waals surface area contributed by atoms with Crippen LogP contribution in [0.15, 0.2) is 40.8 Å². The van der Waals surface area contributed by atoms with E-state index in [0.29, 0.717) is 11.3 Å². The van der Waals surface area contributed by atoms with Crippen LogP contribution in [0.1, 0.15) is 32.1 Å². The van der Waals surface area contributed by atoms with Crippen molar-refractivity contribution in [1.82, 2.24) is 9.55 Å². The number of benzene rings is 1. The molecule has 3 nitrogen and oxygen atoms in total. The first kappa shape index (κ1) is 15.5. The van der Waals surface area contributed by atoms with Crippen molar-refractivity contribution in [3.8, 4) is 11.1 Å². The number of fused-ring (bicyclic) bond motifs is 1. The monoisotopic (exact) mass is 342 g/mol. The van der Waals surface area contributed by atoms with Crippen LogP contribution in [0.2, 0.25) is 0 Å². The maximum atomic E-state index is 13.2. The topological polar surface area (TPSA) is 34.9 Å². The van der Waals surface area contributed by atoms with Crippen molar-refractivity contribution in [2.45, 2.75) is 38.6 Å². The molecule has 0 bridgehead atoms. The SMILES string of the molecule is O=c1c2c(-c3ccc(F)cc3)csc2ncn1CC1CCCCC1. The molecule has 1 aliphatic rings. The zero-order valence-corrected chi connectivity index (χ0v) is 14.2. The van der Waals surface area contributed by atoms with Crippen LogP contribution in [0.3, 0.4) is 0 Å². The van der Waals surface area contributed by atoms with E-state index < -0.39 is 0 Å². The van der Waals surface area contributed by atoms with Gasteiger partial charge in [-0.15, -0.1) is 11.3 Å². The summed E-state index contributed by atoms with van der Waals surface area (Å²) < 4.78 is 14.9. The van der Waals surface area contributed by atoms with Gasteiger partial charge in [-0.2, -0.15) is 0 Å². The van der Waals surface area contributed by atoms with Crippen molar-refractivity contribution in [2.24, 2.45) is 5.92 Å². The minimum atomic E-state index is -0.272. The second kappa shape index (κ2) is 6.48. The first-order valence-corrected chi connectivity index (χ1v) is 9.33. The highest BCUT2D eigenvalue weighted by atomic mass is 32.1. The fourth-order valence-corrected chi connectivity index (χ4v) is 4.49. The normalized spacial score (nSPS) is 15.9. The van der Waals surface area contributed by atoms with Gasteiger partial charge < -0.3 is 0 Å². The van der Waals surface area contributed by atoms with Crippen LogP contribution in [-0.2, 0) is 6.54 Å². The number of aromatic nitrogens is 2. The predicted octanol–water partition coefficient (Wildman–Crippen LogP) is 4.84. The molecule has 1 saturated carbocycles. The number of nitrogens with zero attached hydrogens (tertiary/aromatic N) is 2. The molecule has 0 N–H and O–H groups in total. The highest BCUT2D eigenvalue weighted by Crippen LogP contribution is 2.31. The highest BCUT2D eigenvalue weighted by Gasteiger charge is 2.17. The zero-order valence-electron chi connectivity index (χ0n) is 13.4. The summed E-state index contributed by atoms with van der Waals surface area (Å²) in [5.74, 6) is 0.301. The fraction of sp³-hybridized carbons (Fsp3) is 0.368. The van der Waals surface area contributed by atoms with Crippen LogP contribution >= 0.6 is 11.3 Å². The molecule has 0 spiro atoms. The Bertz CT molecular complexity index is 907. The van der Waals surface area contributed by atoms with E-state index in [0.717, 1.165) is 22.5 Å². The van der Waals surface area contributed by atoms with Crippen molar-refractivity contribution in [3.05, 3.63) is 52.1 Å². The summed E-state index contributed by atoms with van der Waals surface area (Å²) in [6.07, 6.45) is 7.90. The summed E-state index contributed by atoms with van der Waals surface area (Å²) in [6.45, 7) is 0.750. The Morgan fingerprint density at radius 3 is 2.67 bits per heavy atom. The van der Waals surface area contributed by atoms with Crippen LogP contribution in [0.5, 0.6) is 0 Å². The van der Waals surface area contributed by atoms with E-state index in [4.69, 9.17) is 0 Å². The predicted molar refractivity (Wildman–Crippen MR) is 95.8 cm³/mol. The summed E-state index contributed by atoms with van der Waals surface area (Å²) >= 11 is 1.46. The highest BCUT2D eigenvalue weighted by molar-refractivity contribution is 7.17. The van der Waals surface area contributed by atoms with Gasteiger partial charge in [0.1, 0.15) is 10.6 Å². The minimum Gasteiger partial charge on any atom is -0.298 e. The van der Waals surface area contributed by atoms with E-state index in [-0.39, 0.29) is 11.4 Å². The second-order valence-corrected chi connectivity index (χ2v) is 7.40. The molecule has 1 aromatic carbocycles. The largest absolute Gasteiger partial charge is 0.298 e. The van der Waals surface area contributed by atoms with Gasteiger partial charge in [0.15, 0.2) is 0 Å². The summed E-state index contributed by atoms with van der Waals surface area (Å²) in [7, 11) is 0. The van der Waals surface area contributed by atoms with E-state index in [9.17, 15) is 9.18 Å². The standard InChI is InChI=1S/C19H19FN2OS/c20-15-8-6-14(7-9-15)16-11-24-18-17(16)19(23)22(12-21-18)10-13-4-2-1-3-5-13/h6-9,11-13H,1-5,10H2. The molecular weight excluding hydrogens is 323 g/mol. The van der Waals surface area contributed by atoms with Gasteiger partial charge in [0, 0.05) is 17.5 Å². The van der Waals surface area contributed by atoms with E-state index in [1.54, 1.807) is 23.0 Å². The van der Waals surface area contributed by atoms with E-state index in [1.807, 2.05) is 5.38 Å². The molecule has 24 heavy (non-hydrogen) atoms. The Morgan fingerprint density at radius 2 is 1.92 bits per heavy atom. The van der Waals surface area contributed by atoms with E-state index in [2.05, 4.69) is 4.98 Å². The summed E-state index contributed by atoms with van der Waals surface area (Å²) in [5, 5.41) is 2.60. The molecule has 0 amide bonds. The number of hydrogen-bond acceptors (Lipinski definition) is 3. The van der Waals surface area contributed by atoms with Gasteiger partial charge >= 0.3 is 0 Å². The van der Waals surface area contributed by atoms with Crippen molar-refractivity contribution in [1.29, 1.82) is 0 Å². The molecule has 1 aliphatic carbocycles. The molecule has 0 atom stereocenters. The van der Waals surface area contributed by atoms with Crippen LogP contribution < -0.4 is 5.56 Å². The molecule has 124 valence electrons. The smallest absolute Gasteiger partial charge is 0.262 e. The molecule has 3 aromatic rings. The van der Waals surface area contributed by atoms with E-state index in [1.165, 1.54) is 55.6 Å². The third-order valence-electron chi connectivity index (χ3n) is 4.90. The van der Waals surface area contributed by atoms with Gasteiger partial charge in [0.2, 0.25) is 0 Å². The average molecular weight is 342 g/mol. The maximum absolute atomic E-state index is 13.2. The van der Waals surface area contributed by atoms with Crippen LogP contribution in [0.25, 0.3) is 21.3 Å². The Morgan fingerprint density at radius 1 is 1.17 bits per heavy atom. The lowest BCUT2D eigenvalue weighted by atomic mass is 9.89. The number of hydrogen-bond donors (Lipinski definition) is 0. The molecule has 2 aromatic heterocycles. The lowest BCUT2D eigenvalue weighted by molar-refractivity contribution is 0.315. The first-order valence-electron chi connectivity index (χ1n) is 8.45. The number of thiophene rings is 1. The third kappa shape index (κ3) is 2.88. The summed E-state index contributed by atoms with van der Waals surface area (Å²) in [6, 6.07) is 6.29. The van der Waals surface area contributed by atoms with Gasteiger partial charge in [-0.05, 0) is 36.5 Å². The van der Waals surface area contributed by atoms with Gasteiger partial charge in [0.25, 0.3) is 5.56 Å². The summed E-state index contributed by atoms with van der Waals surface area (Å²) in [5.41, 5.74) is 1.73. The first-order chi connectivity index (χ1) is 11.7. The molecule has 0 unspecified atom stereocenters. The van der Waals surface area contributed by atoms with Crippen molar-refractivity contribution < 1.29 is 4.39 Å². The second-order valence-electron chi connectivity index (χ2n) is 6.54. The average Bonchev–Trinajstić information content (AvgIpc) is 3.04. The zero-order chi connectivity index (χ0) is 16.5. The Kier molecular flexibility index (Phi) is 4.19. The molecular formula is C19H19FN2OS. The molecule has 4 rings (SSSR count). The van der Waals surface area contributed by atoms with Crippen LogP contribution in [-0.4, -0.2) is 9.55 Å². The number of halogens is 1. The summed E-state index contributed by atoms with van der Waals surface area (Å²) in [4.78, 5) is 18.2. The maximum Gasteiger partial charge on any atom is 0.262 e. The quantitative estimate of drug-likeness (QED) is 0.682.